The molecular formula is C21H18Cl2N2. The summed E-state index contributed by atoms with van der Waals surface area (Å²) in [6.45, 7) is 0. The molecule has 1 aliphatic heterocycles. The zero-order valence-electron chi connectivity index (χ0n) is 14.1. The SMILES string of the molecule is CN(C)C1=NC(c2ccccc2Cl)c2cc3ccccc3c(Cl)c2C1. The number of aliphatic imine (C=N–C) groups is 1. The van der Waals surface area contributed by atoms with Gasteiger partial charge in [-0.3, -0.25) is 4.99 Å². The Kier molecular flexibility index (Phi) is 4.18. The number of benzene rings is 3. The van der Waals surface area contributed by atoms with Crippen molar-refractivity contribution in [2.24, 2.45) is 4.99 Å². The van der Waals surface area contributed by atoms with E-state index in [1.807, 2.05) is 50.5 Å². The average molecular weight is 369 g/mol. The fourth-order valence-electron chi connectivity index (χ4n) is 3.42. The molecule has 0 saturated heterocycles. The maximum atomic E-state index is 6.82. The first-order valence-electron chi connectivity index (χ1n) is 8.24. The first-order chi connectivity index (χ1) is 12.1. The third-order valence-corrected chi connectivity index (χ3v) is 5.52. The van der Waals surface area contributed by atoms with Crippen LogP contribution in [0.3, 0.4) is 0 Å². The van der Waals surface area contributed by atoms with Crippen molar-refractivity contribution >= 4 is 39.8 Å². The number of fused-ring (bicyclic) bond motifs is 2. The van der Waals surface area contributed by atoms with Crippen molar-refractivity contribution in [1.82, 2.24) is 4.90 Å². The van der Waals surface area contributed by atoms with Gasteiger partial charge in [0.25, 0.3) is 0 Å². The maximum Gasteiger partial charge on any atom is 0.104 e. The van der Waals surface area contributed by atoms with Gasteiger partial charge in [-0.2, -0.15) is 0 Å². The summed E-state index contributed by atoms with van der Waals surface area (Å²) < 4.78 is 0. The lowest BCUT2D eigenvalue weighted by atomic mass is 9.88. The highest BCUT2D eigenvalue weighted by Crippen LogP contribution is 2.42. The Labute approximate surface area is 157 Å². The second-order valence-corrected chi connectivity index (χ2v) is 7.31. The topological polar surface area (TPSA) is 15.6 Å². The van der Waals surface area contributed by atoms with Gasteiger partial charge < -0.3 is 4.90 Å². The van der Waals surface area contributed by atoms with Gasteiger partial charge >= 0.3 is 0 Å². The number of hydrogen-bond acceptors (Lipinski definition) is 2. The predicted octanol–water partition coefficient (Wildman–Crippen LogP) is 5.75. The molecule has 0 N–H and O–H groups in total. The third kappa shape index (κ3) is 2.80. The molecule has 0 radical (unpaired) electrons. The Hall–Kier alpha value is -2.03. The molecule has 0 aromatic heterocycles. The summed E-state index contributed by atoms with van der Waals surface area (Å²) in [6.07, 6.45) is 0.729. The quantitative estimate of drug-likeness (QED) is 0.533. The summed E-state index contributed by atoms with van der Waals surface area (Å²) in [5.41, 5.74) is 3.29. The Morgan fingerprint density at radius 1 is 0.960 bits per heavy atom. The summed E-state index contributed by atoms with van der Waals surface area (Å²) in [7, 11) is 4.03. The minimum atomic E-state index is -0.142. The summed E-state index contributed by atoms with van der Waals surface area (Å²) in [5, 5.41) is 3.76. The highest BCUT2D eigenvalue weighted by molar-refractivity contribution is 6.36. The Morgan fingerprint density at radius 2 is 1.68 bits per heavy atom. The van der Waals surface area contributed by atoms with Crippen molar-refractivity contribution in [3.63, 3.8) is 0 Å². The average Bonchev–Trinajstić information content (AvgIpc) is 2.62. The van der Waals surface area contributed by atoms with Gasteiger partial charge in [-0.15, -0.1) is 0 Å². The molecule has 1 aliphatic rings. The number of halogens is 2. The van der Waals surface area contributed by atoms with Crippen molar-refractivity contribution in [2.45, 2.75) is 12.5 Å². The lowest BCUT2D eigenvalue weighted by Crippen LogP contribution is -2.29. The molecule has 4 heteroatoms. The molecule has 3 aromatic carbocycles. The maximum absolute atomic E-state index is 6.82. The van der Waals surface area contributed by atoms with Gasteiger partial charge in [0.1, 0.15) is 11.9 Å². The molecule has 1 unspecified atom stereocenters. The monoisotopic (exact) mass is 368 g/mol. The van der Waals surface area contributed by atoms with Gasteiger partial charge in [-0.25, -0.2) is 0 Å². The summed E-state index contributed by atoms with van der Waals surface area (Å²) >= 11 is 13.3. The molecular weight excluding hydrogens is 351 g/mol. The number of hydrogen-bond donors (Lipinski definition) is 0. The van der Waals surface area contributed by atoms with Crippen LogP contribution in [0.15, 0.2) is 59.6 Å². The van der Waals surface area contributed by atoms with Gasteiger partial charge in [-0.05, 0) is 34.2 Å². The van der Waals surface area contributed by atoms with E-state index >= 15 is 0 Å². The van der Waals surface area contributed by atoms with Crippen molar-refractivity contribution in [3.8, 4) is 0 Å². The van der Waals surface area contributed by atoms with Crippen LogP contribution in [0.2, 0.25) is 10.0 Å². The molecule has 25 heavy (non-hydrogen) atoms. The summed E-state index contributed by atoms with van der Waals surface area (Å²) in [5.74, 6) is 1.01. The number of likely N-dealkylation sites (N-methyl/N-ethyl adjacent to an activating group) is 1. The van der Waals surface area contributed by atoms with Crippen LogP contribution >= 0.6 is 23.2 Å². The van der Waals surface area contributed by atoms with E-state index in [1.54, 1.807) is 0 Å². The van der Waals surface area contributed by atoms with E-state index in [0.29, 0.717) is 0 Å². The predicted molar refractivity (Wildman–Crippen MR) is 107 cm³/mol. The van der Waals surface area contributed by atoms with Crippen LogP contribution < -0.4 is 0 Å². The van der Waals surface area contributed by atoms with E-state index in [0.717, 1.165) is 49.8 Å². The first-order valence-corrected chi connectivity index (χ1v) is 9.00. The molecule has 4 rings (SSSR count). The normalized spacial score (nSPS) is 16.5. The van der Waals surface area contributed by atoms with Crippen LogP contribution in [-0.4, -0.2) is 24.8 Å². The van der Waals surface area contributed by atoms with Gasteiger partial charge in [0.2, 0.25) is 0 Å². The Bertz CT molecular complexity index is 992. The van der Waals surface area contributed by atoms with Gasteiger partial charge in [0.15, 0.2) is 0 Å². The highest BCUT2D eigenvalue weighted by atomic mass is 35.5. The minimum absolute atomic E-state index is 0.142. The number of nitrogens with zero attached hydrogens (tertiary/aromatic N) is 2. The molecule has 3 aromatic rings. The van der Waals surface area contributed by atoms with E-state index in [9.17, 15) is 0 Å². The first kappa shape index (κ1) is 16.4. The van der Waals surface area contributed by atoms with Crippen LogP contribution in [-0.2, 0) is 6.42 Å². The van der Waals surface area contributed by atoms with Crippen molar-refractivity contribution in [3.05, 3.63) is 81.3 Å². The molecule has 0 aliphatic carbocycles. The lowest BCUT2D eigenvalue weighted by Gasteiger charge is -2.29. The highest BCUT2D eigenvalue weighted by Gasteiger charge is 2.28. The molecule has 2 nitrogen and oxygen atoms in total. The molecule has 0 bridgehead atoms. The minimum Gasteiger partial charge on any atom is -0.366 e. The molecule has 0 spiro atoms. The molecule has 126 valence electrons. The fraction of sp³-hybridized carbons (Fsp3) is 0.190. The Balaban J connectivity index is 2.01. The van der Waals surface area contributed by atoms with Gasteiger partial charge in [0, 0.05) is 30.9 Å². The smallest absolute Gasteiger partial charge is 0.104 e. The van der Waals surface area contributed by atoms with Crippen LogP contribution in [0.5, 0.6) is 0 Å². The zero-order chi connectivity index (χ0) is 17.6. The van der Waals surface area contributed by atoms with Crippen molar-refractivity contribution in [2.75, 3.05) is 14.1 Å². The molecule has 1 heterocycles. The lowest BCUT2D eigenvalue weighted by molar-refractivity contribution is 0.592. The van der Waals surface area contributed by atoms with Crippen LogP contribution in [0.25, 0.3) is 10.8 Å². The summed E-state index contributed by atoms with van der Waals surface area (Å²) in [6, 6.07) is 18.2. The second-order valence-electron chi connectivity index (χ2n) is 6.52. The van der Waals surface area contributed by atoms with Crippen LogP contribution in [0.4, 0.5) is 0 Å². The van der Waals surface area contributed by atoms with Gasteiger partial charge in [0.05, 0.1) is 5.02 Å². The fourth-order valence-corrected chi connectivity index (χ4v) is 4.01. The second kappa shape index (κ2) is 6.36. The van der Waals surface area contributed by atoms with E-state index in [-0.39, 0.29) is 6.04 Å². The molecule has 0 fully saturated rings. The van der Waals surface area contributed by atoms with E-state index in [4.69, 9.17) is 28.2 Å². The summed E-state index contributed by atoms with van der Waals surface area (Å²) in [4.78, 5) is 7.06. The molecule has 0 amide bonds. The van der Waals surface area contributed by atoms with E-state index < -0.39 is 0 Å². The van der Waals surface area contributed by atoms with Crippen LogP contribution in [0, 0.1) is 0 Å². The molecule has 0 saturated carbocycles. The Morgan fingerprint density at radius 3 is 2.44 bits per heavy atom. The zero-order valence-corrected chi connectivity index (χ0v) is 15.6. The largest absolute Gasteiger partial charge is 0.366 e. The standard InChI is InChI=1S/C21H18Cl2N2/c1-25(2)19-12-16-17(11-13-7-3-4-8-14(13)20(16)23)21(24-19)15-9-5-6-10-18(15)22/h3-11,21H,12H2,1-2H3. The molecule has 1 atom stereocenters. The van der Waals surface area contributed by atoms with Gasteiger partial charge in [-0.1, -0.05) is 65.7 Å². The van der Waals surface area contributed by atoms with Crippen molar-refractivity contribution < 1.29 is 0 Å². The van der Waals surface area contributed by atoms with Crippen molar-refractivity contribution in [1.29, 1.82) is 0 Å². The third-order valence-electron chi connectivity index (χ3n) is 4.75. The van der Waals surface area contributed by atoms with E-state index in [2.05, 4.69) is 23.1 Å². The number of rotatable bonds is 1. The number of amidine groups is 1. The van der Waals surface area contributed by atoms with Crippen LogP contribution in [0.1, 0.15) is 22.7 Å². The van der Waals surface area contributed by atoms with E-state index in [1.165, 1.54) is 0 Å².